The fourth-order valence-corrected chi connectivity index (χ4v) is 1.73. The van der Waals surface area contributed by atoms with E-state index in [1.165, 1.54) is 11.1 Å². The zero-order valence-corrected chi connectivity index (χ0v) is 12.7. The molecule has 2 rings (SSSR count). The van der Waals surface area contributed by atoms with E-state index in [1.807, 2.05) is 24.3 Å². The van der Waals surface area contributed by atoms with Crippen LogP contribution in [0.25, 0.3) is 0 Å². The molecular weight excluding hydrogens is 198 g/mol. The van der Waals surface area contributed by atoms with Crippen LogP contribution in [0.5, 0.6) is 0 Å². The molecule has 1 N–H and O–H groups in total. The molecule has 0 amide bonds. The average molecular weight is 208 g/mol. The molecule has 1 aromatic carbocycles. The Morgan fingerprint density at radius 3 is 1.93 bits per heavy atom. The predicted octanol–water partition coefficient (Wildman–Crippen LogP) is 0.724. The fraction of sp³-hybridized carbons (Fsp3) is 0.300. The number of benzene rings is 1. The first-order chi connectivity index (χ1) is 5.77. The summed E-state index contributed by atoms with van der Waals surface area (Å²) in [6.45, 7) is 0. The van der Waals surface area contributed by atoms with Crippen LogP contribution in [0, 0.1) is 5.92 Å². The molecule has 0 spiro atoms. The topological polar surface area (TPSA) is 37.3 Å². The van der Waals surface area contributed by atoms with Gasteiger partial charge in [-0.25, -0.2) is 0 Å². The maximum atomic E-state index is 10.7. The molecule has 0 aromatic heterocycles. The second-order valence-corrected chi connectivity index (χ2v) is 3.21. The normalized spacial score (nSPS) is 13.7. The molecule has 0 unspecified atom stereocenters. The van der Waals surface area contributed by atoms with Gasteiger partial charge >= 0.3 is 5.97 Å². The van der Waals surface area contributed by atoms with Gasteiger partial charge in [0, 0.05) is 59.1 Å². The van der Waals surface area contributed by atoms with Crippen LogP contribution in [-0.4, -0.2) is 70.2 Å². The van der Waals surface area contributed by atoms with Gasteiger partial charge in [0.05, 0.1) is 5.92 Å². The zero-order chi connectivity index (χ0) is 8.55. The van der Waals surface area contributed by atoms with E-state index in [1.54, 1.807) is 0 Å². The van der Waals surface area contributed by atoms with Crippen molar-refractivity contribution in [3.8, 4) is 0 Å². The smallest absolute Gasteiger partial charge is 0.307 e. The van der Waals surface area contributed by atoms with Crippen LogP contribution in [0.4, 0.5) is 0 Å². The van der Waals surface area contributed by atoms with Gasteiger partial charge in [-0.15, -0.1) is 0 Å². The van der Waals surface area contributed by atoms with Crippen LogP contribution in [0.2, 0.25) is 0 Å². The van der Waals surface area contributed by atoms with Crippen molar-refractivity contribution in [3.05, 3.63) is 35.4 Å². The fourth-order valence-electron chi connectivity index (χ4n) is 1.73. The number of carboxylic acid groups (broad SMARTS) is 1. The molecule has 0 aliphatic heterocycles. The first kappa shape index (κ1) is 14.7. The van der Waals surface area contributed by atoms with Crippen LogP contribution in [0.1, 0.15) is 11.1 Å². The Morgan fingerprint density at radius 2 is 1.57 bits per heavy atom. The van der Waals surface area contributed by atoms with E-state index in [0.29, 0.717) is 12.8 Å². The summed E-state index contributed by atoms with van der Waals surface area (Å²) in [7, 11) is 0. The predicted molar refractivity (Wildman–Crippen MR) is 56.5 cm³/mol. The number of hydrogen-bond donors (Lipinski definition) is 1. The maximum absolute atomic E-state index is 10.7. The van der Waals surface area contributed by atoms with Gasteiger partial charge in [0.2, 0.25) is 0 Å². The molecule has 1 aliphatic rings. The van der Waals surface area contributed by atoms with E-state index < -0.39 is 5.97 Å². The van der Waals surface area contributed by atoms with Gasteiger partial charge in [-0.1, -0.05) is 24.3 Å². The van der Waals surface area contributed by atoms with Crippen molar-refractivity contribution in [1.82, 2.24) is 0 Å². The number of rotatable bonds is 1. The van der Waals surface area contributed by atoms with Gasteiger partial charge in [0.1, 0.15) is 0 Å². The Bertz CT molecular complexity index is 301. The molecule has 0 bridgehead atoms. The summed E-state index contributed by atoms with van der Waals surface area (Å²) in [5.41, 5.74) is 2.40. The molecule has 2 nitrogen and oxygen atoms in total. The molecule has 1 aliphatic carbocycles. The van der Waals surface area contributed by atoms with Crippen molar-refractivity contribution in [2.75, 3.05) is 0 Å². The van der Waals surface area contributed by atoms with Crippen molar-refractivity contribution in [1.29, 1.82) is 0 Å². The van der Waals surface area contributed by atoms with E-state index in [0.717, 1.165) is 0 Å². The third kappa shape index (κ3) is 3.09. The maximum Gasteiger partial charge on any atom is 0.307 e. The van der Waals surface area contributed by atoms with Crippen molar-refractivity contribution in [2.24, 2.45) is 5.92 Å². The Labute approximate surface area is 128 Å². The van der Waals surface area contributed by atoms with E-state index >= 15 is 0 Å². The number of fused-ring (bicyclic) bond motifs is 1. The second kappa shape index (κ2) is 6.31. The quantitative estimate of drug-likeness (QED) is 0.690. The minimum atomic E-state index is -0.675. The summed E-state index contributed by atoms with van der Waals surface area (Å²) < 4.78 is 0. The molecule has 2 radical (unpaired) electrons. The third-order valence-corrected chi connectivity index (χ3v) is 2.40. The summed E-state index contributed by atoms with van der Waals surface area (Å²) in [6.07, 6.45) is 1.40. The van der Waals surface area contributed by atoms with Crippen LogP contribution in [0.15, 0.2) is 24.3 Å². The van der Waals surface area contributed by atoms with Gasteiger partial charge < -0.3 is 5.11 Å². The first-order valence-electron chi connectivity index (χ1n) is 4.07. The first-order valence-corrected chi connectivity index (χ1v) is 4.07. The monoisotopic (exact) mass is 208 g/mol. The van der Waals surface area contributed by atoms with Crippen LogP contribution in [-0.2, 0) is 17.6 Å². The molecule has 0 fully saturated rings. The largest absolute Gasteiger partial charge is 0.481 e. The molecule has 14 heavy (non-hydrogen) atoms. The van der Waals surface area contributed by atoms with E-state index in [9.17, 15) is 4.79 Å². The molecule has 64 valence electrons. The molecule has 0 saturated carbocycles. The van der Waals surface area contributed by atoms with Crippen LogP contribution in [0.3, 0.4) is 0 Å². The second-order valence-electron chi connectivity index (χ2n) is 3.21. The van der Waals surface area contributed by atoms with Crippen molar-refractivity contribution < 1.29 is 9.90 Å². The van der Waals surface area contributed by atoms with Crippen molar-refractivity contribution in [2.45, 2.75) is 12.8 Å². The van der Waals surface area contributed by atoms with Gasteiger partial charge in [-0.3, -0.25) is 4.79 Å². The Hall–Kier alpha value is 0.690. The SMILES string of the molecule is O=C(O)C1Cc2ccccc2C1.[Na].[Na]. The van der Waals surface area contributed by atoms with Gasteiger partial charge in [-0.2, -0.15) is 0 Å². The zero-order valence-electron chi connectivity index (χ0n) is 8.66. The summed E-state index contributed by atoms with van der Waals surface area (Å²) in [5.74, 6) is -0.867. The summed E-state index contributed by atoms with van der Waals surface area (Å²) in [4.78, 5) is 10.7. The molecular formula is C10H10Na2O2. The van der Waals surface area contributed by atoms with E-state index in [-0.39, 0.29) is 65.0 Å². The summed E-state index contributed by atoms with van der Waals surface area (Å²) in [6, 6.07) is 7.95. The molecule has 0 heterocycles. The Morgan fingerprint density at radius 1 is 1.14 bits per heavy atom. The average Bonchev–Trinajstić information content (AvgIpc) is 2.46. The third-order valence-electron chi connectivity index (χ3n) is 2.40. The Kier molecular flexibility index (Phi) is 6.62. The standard InChI is InChI=1S/C10H10O2.2Na/c11-10(12)9-5-7-3-1-2-4-8(7)6-9;;/h1-4,9H,5-6H2,(H,11,12);;. The minimum absolute atomic E-state index is 0. The van der Waals surface area contributed by atoms with Crippen molar-refractivity contribution >= 4 is 65.1 Å². The van der Waals surface area contributed by atoms with E-state index in [4.69, 9.17) is 5.11 Å². The molecule has 0 atom stereocenters. The number of hydrogen-bond acceptors (Lipinski definition) is 1. The molecule has 1 aromatic rings. The number of carboxylic acids is 1. The van der Waals surface area contributed by atoms with Crippen LogP contribution >= 0.6 is 0 Å². The summed E-state index contributed by atoms with van der Waals surface area (Å²) >= 11 is 0. The van der Waals surface area contributed by atoms with Crippen molar-refractivity contribution in [3.63, 3.8) is 0 Å². The Balaban J connectivity index is 0.000000845. The minimum Gasteiger partial charge on any atom is -0.481 e. The molecule has 0 saturated heterocycles. The van der Waals surface area contributed by atoms with Crippen LogP contribution < -0.4 is 0 Å². The number of carbonyl (C=O) groups is 1. The van der Waals surface area contributed by atoms with Gasteiger partial charge in [0.15, 0.2) is 0 Å². The van der Waals surface area contributed by atoms with Gasteiger partial charge in [-0.05, 0) is 24.0 Å². The van der Waals surface area contributed by atoms with Gasteiger partial charge in [0.25, 0.3) is 0 Å². The summed E-state index contributed by atoms with van der Waals surface area (Å²) in [5, 5.41) is 8.79. The van der Waals surface area contributed by atoms with E-state index in [2.05, 4.69) is 0 Å². The molecule has 4 heteroatoms. The number of aliphatic carboxylic acids is 1.